The van der Waals surface area contributed by atoms with Gasteiger partial charge in [0.2, 0.25) is 10.0 Å². The molecule has 0 radical (unpaired) electrons. The molecule has 0 bridgehead atoms. The van der Waals surface area contributed by atoms with Gasteiger partial charge < -0.3 is 4.74 Å². The predicted molar refractivity (Wildman–Crippen MR) is 105 cm³/mol. The molecule has 0 atom stereocenters. The molecule has 1 fully saturated rings. The molecule has 1 aliphatic rings. The van der Waals surface area contributed by atoms with Gasteiger partial charge in [0.25, 0.3) is 10.9 Å². The van der Waals surface area contributed by atoms with Gasteiger partial charge in [0.05, 0.1) is 15.1 Å². The molecule has 2 aromatic carbocycles. The zero-order valence-corrected chi connectivity index (χ0v) is 16.4. The van der Waals surface area contributed by atoms with Crippen LogP contribution in [0.3, 0.4) is 0 Å². The highest BCUT2D eigenvalue weighted by Crippen LogP contribution is 2.31. The van der Waals surface area contributed by atoms with Gasteiger partial charge in [0.1, 0.15) is 6.10 Å². The Labute approximate surface area is 165 Å². The average Bonchev–Trinajstić information content (AvgIpc) is 3.10. The molecule has 1 aromatic heterocycles. The maximum atomic E-state index is 12.9. The number of ether oxygens (including phenoxy) is 1. The van der Waals surface area contributed by atoms with Crippen molar-refractivity contribution in [2.75, 3.05) is 13.1 Å². The largest absolute Gasteiger partial charge is 0.467 e. The first-order chi connectivity index (χ1) is 13.4. The van der Waals surface area contributed by atoms with Gasteiger partial charge in [0, 0.05) is 19.2 Å². The summed E-state index contributed by atoms with van der Waals surface area (Å²) in [7, 11) is -3.93. The summed E-state index contributed by atoms with van der Waals surface area (Å²) in [5.74, 6) is 0. The summed E-state index contributed by atoms with van der Waals surface area (Å²) >= 11 is 1.46. The zero-order chi connectivity index (χ0) is 19.7. The van der Waals surface area contributed by atoms with Crippen molar-refractivity contribution in [3.05, 3.63) is 58.6 Å². The monoisotopic (exact) mass is 419 g/mol. The second-order valence-electron chi connectivity index (χ2n) is 6.39. The Bertz CT molecular complexity index is 1090. The molecule has 1 saturated heterocycles. The van der Waals surface area contributed by atoms with E-state index < -0.39 is 20.6 Å². The number of piperidine rings is 1. The third-order valence-corrected chi connectivity index (χ3v) is 7.50. The maximum absolute atomic E-state index is 12.9. The molecule has 28 heavy (non-hydrogen) atoms. The summed E-state index contributed by atoms with van der Waals surface area (Å²) in [6.07, 6.45) is 0.851. The van der Waals surface area contributed by atoms with Crippen molar-refractivity contribution in [3.63, 3.8) is 0 Å². The Morgan fingerprint density at radius 1 is 1.11 bits per heavy atom. The number of hydrogen-bond donors (Lipinski definition) is 0. The smallest absolute Gasteiger partial charge is 0.289 e. The van der Waals surface area contributed by atoms with E-state index >= 15 is 0 Å². The number of sulfonamides is 1. The van der Waals surface area contributed by atoms with Crippen molar-refractivity contribution in [1.82, 2.24) is 9.29 Å². The fourth-order valence-electron chi connectivity index (χ4n) is 3.20. The van der Waals surface area contributed by atoms with Crippen LogP contribution in [0, 0.1) is 10.1 Å². The Balaban J connectivity index is 1.45. The van der Waals surface area contributed by atoms with Gasteiger partial charge in [-0.05, 0) is 31.0 Å². The molecule has 0 unspecified atom stereocenters. The highest BCUT2D eigenvalue weighted by molar-refractivity contribution is 7.89. The van der Waals surface area contributed by atoms with Crippen molar-refractivity contribution in [3.8, 4) is 5.19 Å². The number of rotatable bonds is 5. The van der Waals surface area contributed by atoms with Crippen molar-refractivity contribution in [2.45, 2.75) is 23.8 Å². The normalized spacial score (nSPS) is 16.3. The molecule has 4 rings (SSSR count). The van der Waals surface area contributed by atoms with Crippen LogP contribution in [0.2, 0.25) is 0 Å². The van der Waals surface area contributed by atoms with E-state index in [1.165, 1.54) is 39.9 Å². The number of aromatic nitrogens is 1. The number of fused-ring (bicyclic) bond motifs is 1. The van der Waals surface area contributed by atoms with Crippen molar-refractivity contribution < 1.29 is 18.1 Å². The molecule has 0 amide bonds. The summed E-state index contributed by atoms with van der Waals surface area (Å²) < 4.78 is 34.0. The molecule has 0 saturated carbocycles. The molecule has 10 heteroatoms. The second kappa shape index (κ2) is 7.46. The second-order valence-corrected chi connectivity index (χ2v) is 9.29. The third kappa shape index (κ3) is 3.58. The zero-order valence-electron chi connectivity index (χ0n) is 14.7. The van der Waals surface area contributed by atoms with Crippen molar-refractivity contribution >= 4 is 37.3 Å². The predicted octanol–water partition coefficient (Wildman–Crippen LogP) is 3.44. The van der Waals surface area contributed by atoms with E-state index in [2.05, 4.69) is 4.98 Å². The third-order valence-electron chi connectivity index (χ3n) is 4.62. The first-order valence-corrected chi connectivity index (χ1v) is 11.0. The Morgan fingerprint density at radius 3 is 2.50 bits per heavy atom. The molecular weight excluding hydrogens is 402 g/mol. The lowest BCUT2D eigenvalue weighted by atomic mass is 10.1. The fraction of sp³-hybridized carbons (Fsp3) is 0.278. The van der Waals surface area contributed by atoms with Crippen LogP contribution in [0.4, 0.5) is 5.69 Å². The lowest BCUT2D eigenvalue weighted by Gasteiger charge is -2.30. The van der Waals surface area contributed by atoms with Crippen LogP contribution in [0.5, 0.6) is 5.19 Å². The van der Waals surface area contributed by atoms with Crippen LogP contribution in [-0.4, -0.2) is 41.8 Å². The topological polar surface area (TPSA) is 103 Å². The van der Waals surface area contributed by atoms with E-state index in [1.807, 2.05) is 24.3 Å². The molecule has 8 nitrogen and oxygen atoms in total. The standard InChI is InChI=1S/C18H17N3O5S2/c22-21(23)15-6-2-4-8-17(15)28(24,25)20-11-9-13(10-12-20)26-18-19-14-5-1-3-7-16(14)27-18/h1-8,13H,9-12H2. The average molecular weight is 419 g/mol. The van der Waals surface area contributed by atoms with E-state index in [-0.39, 0.29) is 24.1 Å². The summed E-state index contributed by atoms with van der Waals surface area (Å²) in [6.45, 7) is 0.480. The fourth-order valence-corrected chi connectivity index (χ4v) is 5.71. The first kappa shape index (κ1) is 18.8. The molecule has 0 spiro atoms. The van der Waals surface area contributed by atoms with Crippen molar-refractivity contribution in [1.29, 1.82) is 0 Å². The summed E-state index contributed by atoms with van der Waals surface area (Å²) in [5.41, 5.74) is 0.467. The van der Waals surface area contributed by atoms with Gasteiger partial charge in [-0.25, -0.2) is 13.4 Å². The van der Waals surface area contributed by atoms with Crippen LogP contribution >= 0.6 is 11.3 Å². The Morgan fingerprint density at radius 2 is 1.79 bits per heavy atom. The molecule has 0 aliphatic carbocycles. The van der Waals surface area contributed by atoms with Crippen LogP contribution in [0.1, 0.15) is 12.8 Å². The Hall–Kier alpha value is -2.56. The molecule has 146 valence electrons. The Kier molecular flexibility index (Phi) is 5.00. The van der Waals surface area contributed by atoms with Crippen LogP contribution < -0.4 is 4.74 Å². The summed E-state index contributed by atoms with van der Waals surface area (Å²) in [6, 6.07) is 13.2. The lowest BCUT2D eigenvalue weighted by molar-refractivity contribution is -0.387. The highest BCUT2D eigenvalue weighted by Gasteiger charge is 2.34. The molecule has 2 heterocycles. The number of para-hydroxylation sites is 2. The molecule has 0 N–H and O–H groups in total. The van der Waals surface area contributed by atoms with E-state index in [0.29, 0.717) is 18.0 Å². The van der Waals surface area contributed by atoms with Crippen LogP contribution in [0.25, 0.3) is 10.2 Å². The van der Waals surface area contributed by atoms with Crippen LogP contribution in [-0.2, 0) is 10.0 Å². The number of nitro benzene ring substituents is 1. The SMILES string of the molecule is O=[N+]([O-])c1ccccc1S(=O)(=O)N1CCC(Oc2nc3ccccc3s2)CC1. The minimum atomic E-state index is -3.93. The van der Waals surface area contributed by atoms with E-state index in [4.69, 9.17) is 4.74 Å². The maximum Gasteiger partial charge on any atom is 0.289 e. The molecule has 3 aromatic rings. The number of nitro groups is 1. The minimum Gasteiger partial charge on any atom is -0.467 e. The number of hydrogen-bond acceptors (Lipinski definition) is 7. The van der Waals surface area contributed by atoms with E-state index in [0.717, 1.165) is 10.2 Å². The van der Waals surface area contributed by atoms with Gasteiger partial charge in [-0.3, -0.25) is 10.1 Å². The van der Waals surface area contributed by atoms with Gasteiger partial charge in [-0.2, -0.15) is 4.31 Å². The van der Waals surface area contributed by atoms with Gasteiger partial charge in [0.15, 0.2) is 4.90 Å². The van der Waals surface area contributed by atoms with Gasteiger partial charge in [-0.15, -0.1) is 0 Å². The van der Waals surface area contributed by atoms with Gasteiger partial charge >= 0.3 is 0 Å². The number of nitrogens with zero attached hydrogens (tertiary/aromatic N) is 3. The van der Waals surface area contributed by atoms with E-state index in [9.17, 15) is 18.5 Å². The molecular formula is C18H17N3O5S2. The summed E-state index contributed by atoms with van der Waals surface area (Å²) in [5, 5.41) is 11.7. The lowest BCUT2D eigenvalue weighted by Crippen LogP contribution is -2.41. The summed E-state index contributed by atoms with van der Waals surface area (Å²) in [4.78, 5) is 14.7. The number of benzene rings is 2. The quantitative estimate of drug-likeness (QED) is 0.464. The van der Waals surface area contributed by atoms with Gasteiger partial charge in [-0.1, -0.05) is 35.6 Å². The van der Waals surface area contributed by atoms with Crippen LogP contribution in [0.15, 0.2) is 53.4 Å². The van der Waals surface area contributed by atoms with Crippen molar-refractivity contribution in [2.24, 2.45) is 0 Å². The molecule has 1 aliphatic heterocycles. The highest BCUT2D eigenvalue weighted by atomic mass is 32.2. The number of thiazole rings is 1. The van der Waals surface area contributed by atoms with E-state index in [1.54, 1.807) is 0 Å². The minimum absolute atomic E-state index is 0.141. The first-order valence-electron chi connectivity index (χ1n) is 8.71.